The lowest BCUT2D eigenvalue weighted by molar-refractivity contribution is -0.153. The lowest BCUT2D eigenvalue weighted by atomic mass is 10.1. The summed E-state index contributed by atoms with van der Waals surface area (Å²) >= 11 is 0. The second kappa shape index (κ2) is 8.33. The number of carbonyl (C=O) groups is 3. The molecule has 2 rings (SSSR count). The molecule has 0 radical (unpaired) electrons. The zero-order valence-corrected chi connectivity index (χ0v) is 13.6. The molecule has 3 N–H and O–H groups in total. The van der Waals surface area contributed by atoms with Gasteiger partial charge in [0.25, 0.3) is 5.91 Å². The highest BCUT2D eigenvalue weighted by atomic mass is 16.5. The Morgan fingerprint density at radius 2 is 1.83 bits per heavy atom. The minimum atomic E-state index is -1.07. The van der Waals surface area contributed by atoms with Crippen molar-refractivity contribution >= 4 is 17.9 Å². The second-order valence-electron chi connectivity index (χ2n) is 5.92. The van der Waals surface area contributed by atoms with E-state index in [1.807, 2.05) is 0 Å². The molecule has 0 aromatic heterocycles. The van der Waals surface area contributed by atoms with Crippen molar-refractivity contribution in [3.8, 4) is 5.75 Å². The first-order chi connectivity index (χ1) is 11.4. The number of ether oxygens (including phenoxy) is 1. The summed E-state index contributed by atoms with van der Waals surface area (Å²) in [6.45, 7) is 1.41. The van der Waals surface area contributed by atoms with Gasteiger partial charge in [-0.15, -0.1) is 0 Å². The maximum absolute atomic E-state index is 11.9. The van der Waals surface area contributed by atoms with Gasteiger partial charge in [0.05, 0.1) is 6.42 Å². The smallest absolute Gasteiger partial charge is 0.321 e. The Morgan fingerprint density at radius 1 is 1.21 bits per heavy atom. The molecule has 0 aliphatic heterocycles. The summed E-state index contributed by atoms with van der Waals surface area (Å²) in [6, 6.07) is 5.66. The number of phenols is 1. The van der Waals surface area contributed by atoms with E-state index in [1.54, 1.807) is 12.1 Å². The number of rotatable bonds is 5. The molecule has 7 heteroatoms. The Balaban J connectivity index is 1.74. The third kappa shape index (κ3) is 5.57. The first kappa shape index (κ1) is 17.8. The molecule has 24 heavy (non-hydrogen) atoms. The van der Waals surface area contributed by atoms with Crippen molar-refractivity contribution in [2.24, 2.45) is 0 Å². The molecule has 1 aromatic carbocycles. The molecule has 1 atom stereocenters. The number of nitrogens with one attached hydrogen (secondary N) is 2. The van der Waals surface area contributed by atoms with Gasteiger partial charge in [0, 0.05) is 6.04 Å². The number of hydrogen-bond acceptors (Lipinski definition) is 5. The van der Waals surface area contributed by atoms with E-state index in [0.717, 1.165) is 25.7 Å². The average molecular weight is 334 g/mol. The molecule has 3 amide bonds. The highest BCUT2D eigenvalue weighted by molar-refractivity contribution is 5.97. The molecular weight excluding hydrogens is 312 g/mol. The van der Waals surface area contributed by atoms with E-state index in [1.165, 1.54) is 19.1 Å². The highest BCUT2D eigenvalue weighted by Gasteiger charge is 2.22. The summed E-state index contributed by atoms with van der Waals surface area (Å²) in [7, 11) is 0. The maximum Gasteiger partial charge on any atom is 0.321 e. The van der Waals surface area contributed by atoms with E-state index in [4.69, 9.17) is 4.74 Å². The summed E-state index contributed by atoms with van der Waals surface area (Å²) in [5.41, 5.74) is 0.657. The van der Waals surface area contributed by atoms with Crippen molar-refractivity contribution in [3.63, 3.8) is 0 Å². The molecule has 0 saturated heterocycles. The van der Waals surface area contributed by atoms with E-state index in [2.05, 4.69) is 10.6 Å². The van der Waals surface area contributed by atoms with Gasteiger partial charge in [0.15, 0.2) is 6.10 Å². The van der Waals surface area contributed by atoms with Crippen LogP contribution in [0.25, 0.3) is 0 Å². The standard InChI is InChI=1S/C17H22N2O5/c1-11(16(22)19-17(23)18-13-4-2-3-5-13)24-15(21)10-12-6-8-14(20)9-7-12/h6-9,11,13,20H,2-5,10H2,1H3,(H2,18,19,22,23)/t11-/m0/s1. The summed E-state index contributed by atoms with van der Waals surface area (Å²) in [5.74, 6) is -1.14. The zero-order chi connectivity index (χ0) is 17.5. The van der Waals surface area contributed by atoms with Crippen molar-refractivity contribution < 1.29 is 24.2 Å². The fourth-order valence-corrected chi connectivity index (χ4v) is 2.58. The normalized spacial score (nSPS) is 15.5. The zero-order valence-electron chi connectivity index (χ0n) is 13.6. The lowest BCUT2D eigenvalue weighted by Crippen LogP contribution is -2.47. The first-order valence-corrected chi connectivity index (χ1v) is 8.03. The van der Waals surface area contributed by atoms with Gasteiger partial charge in [0.2, 0.25) is 0 Å². The van der Waals surface area contributed by atoms with Crippen LogP contribution < -0.4 is 10.6 Å². The highest BCUT2D eigenvalue weighted by Crippen LogP contribution is 2.17. The van der Waals surface area contributed by atoms with Gasteiger partial charge in [-0.3, -0.25) is 14.9 Å². The Morgan fingerprint density at radius 3 is 2.46 bits per heavy atom. The number of hydrogen-bond donors (Lipinski definition) is 3. The Labute approximate surface area is 140 Å². The van der Waals surface area contributed by atoms with Crippen molar-refractivity contribution in [2.75, 3.05) is 0 Å². The Kier molecular flexibility index (Phi) is 6.17. The number of carbonyl (C=O) groups excluding carboxylic acids is 3. The van der Waals surface area contributed by atoms with Crippen LogP contribution in [0, 0.1) is 0 Å². The van der Waals surface area contributed by atoms with Crippen molar-refractivity contribution in [2.45, 2.75) is 51.2 Å². The molecule has 1 aliphatic rings. The van der Waals surface area contributed by atoms with E-state index in [0.29, 0.717) is 5.56 Å². The van der Waals surface area contributed by atoms with Gasteiger partial charge < -0.3 is 15.2 Å². The third-order valence-electron chi connectivity index (χ3n) is 3.89. The number of urea groups is 1. The van der Waals surface area contributed by atoms with E-state index in [-0.39, 0.29) is 18.2 Å². The largest absolute Gasteiger partial charge is 0.508 e. The molecule has 0 spiro atoms. The number of imide groups is 1. The van der Waals surface area contributed by atoms with Crippen LogP contribution in [0.3, 0.4) is 0 Å². The predicted octanol–water partition coefficient (Wildman–Crippen LogP) is 1.63. The number of amides is 3. The Hall–Kier alpha value is -2.57. The van der Waals surface area contributed by atoms with Gasteiger partial charge in [-0.1, -0.05) is 25.0 Å². The molecule has 0 heterocycles. The summed E-state index contributed by atoms with van der Waals surface area (Å²) in [6.07, 6.45) is 2.89. The Bertz CT molecular complexity index is 594. The molecule has 1 aromatic rings. The molecule has 0 bridgehead atoms. The van der Waals surface area contributed by atoms with Crippen LogP contribution in [0.4, 0.5) is 4.79 Å². The van der Waals surface area contributed by atoms with Crippen molar-refractivity contribution in [1.82, 2.24) is 10.6 Å². The van der Waals surface area contributed by atoms with Gasteiger partial charge in [-0.05, 0) is 37.5 Å². The molecule has 1 fully saturated rings. The maximum atomic E-state index is 11.9. The third-order valence-corrected chi connectivity index (χ3v) is 3.89. The van der Waals surface area contributed by atoms with Gasteiger partial charge in [-0.25, -0.2) is 4.79 Å². The summed E-state index contributed by atoms with van der Waals surface area (Å²) in [5, 5.41) is 14.1. The molecular formula is C17H22N2O5. The van der Waals surface area contributed by atoms with E-state index < -0.39 is 24.0 Å². The minimum absolute atomic E-state index is 0.0217. The summed E-state index contributed by atoms with van der Waals surface area (Å²) < 4.78 is 5.02. The average Bonchev–Trinajstić information content (AvgIpc) is 3.02. The molecule has 0 unspecified atom stereocenters. The monoisotopic (exact) mass is 334 g/mol. The number of aromatic hydroxyl groups is 1. The lowest BCUT2D eigenvalue weighted by Gasteiger charge is -2.15. The van der Waals surface area contributed by atoms with Crippen molar-refractivity contribution in [3.05, 3.63) is 29.8 Å². The van der Waals surface area contributed by atoms with Crippen LogP contribution in [0.2, 0.25) is 0 Å². The van der Waals surface area contributed by atoms with E-state index in [9.17, 15) is 19.5 Å². The van der Waals surface area contributed by atoms with Crippen LogP contribution in [0.5, 0.6) is 5.75 Å². The number of esters is 1. The molecule has 130 valence electrons. The van der Waals surface area contributed by atoms with Crippen LogP contribution >= 0.6 is 0 Å². The second-order valence-corrected chi connectivity index (χ2v) is 5.92. The quantitative estimate of drug-likeness (QED) is 0.710. The van der Waals surface area contributed by atoms with Crippen LogP contribution in [0.15, 0.2) is 24.3 Å². The van der Waals surface area contributed by atoms with Crippen LogP contribution in [-0.4, -0.2) is 35.2 Å². The van der Waals surface area contributed by atoms with Gasteiger partial charge in [-0.2, -0.15) is 0 Å². The minimum Gasteiger partial charge on any atom is -0.508 e. The topological polar surface area (TPSA) is 105 Å². The van der Waals surface area contributed by atoms with Gasteiger partial charge in [0.1, 0.15) is 5.75 Å². The predicted molar refractivity (Wildman–Crippen MR) is 86.3 cm³/mol. The van der Waals surface area contributed by atoms with Crippen LogP contribution in [-0.2, 0) is 20.7 Å². The van der Waals surface area contributed by atoms with Crippen molar-refractivity contribution in [1.29, 1.82) is 0 Å². The fourth-order valence-electron chi connectivity index (χ4n) is 2.58. The summed E-state index contributed by atoms with van der Waals surface area (Å²) in [4.78, 5) is 35.4. The molecule has 7 nitrogen and oxygen atoms in total. The van der Waals surface area contributed by atoms with Crippen LogP contribution in [0.1, 0.15) is 38.2 Å². The first-order valence-electron chi connectivity index (χ1n) is 8.03. The van der Waals surface area contributed by atoms with Gasteiger partial charge >= 0.3 is 12.0 Å². The fraction of sp³-hybridized carbons (Fsp3) is 0.471. The number of benzene rings is 1. The molecule has 1 saturated carbocycles. The SMILES string of the molecule is C[C@H](OC(=O)Cc1ccc(O)cc1)C(=O)NC(=O)NC1CCCC1. The molecule has 1 aliphatic carbocycles. The van der Waals surface area contributed by atoms with E-state index >= 15 is 0 Å². The number of phenolic OH excluding ortho intramolecular Hbond substituents is 1.